The second kappa shape index (κ2) is 11.2. The zero-order valence-corrected chi connectivity index (χ0v) is 21.1. The standard InChI is InChI=1S/C28H27N5O5/c1-36-28(35)20-13-11-19(12-14-20)18-38-31-26-21-7-3-5-9-23(21)33(27(26)34)17-25-30-22-8-4-6-10-24(22)32(25)16-15-29-37-2/h3-14,29H,15-18H2,1-2H3. The fourth-order valence-corrected chi connectivity index (χ4v) is 4.43. The van der Waals surface area contributed by atoms with E-state index in [0.29, 0.717) is 24.2 Å². The molecule has 1 aliphatic rings. The maximum atomic E-state index is 13.5. The van der Waals surface area contributed by atoms with Gasteiger partial charge in [-0.25, -0.2) is 15.3 Å². The highest BCUT2D eigenvalue weighted by atomic mass is 16.6. The van der Waals surface area contributed by atoms with Gasteiger partial charge in [-0.15, -0.1) is 0 Å². The summed E-state index contributed by atoms with van der Waals surface area (Å²) in [6, 6.07) is 22.2. The Morgan fingerprint density at radius 2 is 1.76 bits per heavy atom. The van der Waals surface area contributed by atoms with E-state index in [1.807, 2.05) is 48.5 Å². The van der Waals surface area contributed by atoms with Gasteiger partial charge < -0.3 is 19.0 Å². The van der Waals surface area contributed by atoms with E-state index in [0.717, 1.165) is 28.1 Å². The number of fused-ring (bicyclic) bond motifs is 2. The number of imidazole rings is 1. The van der Waals surface area contributed by atoms with Gasteiger partial charge in [0.15, 0.2) is 5.71 Å². The number of hydrogen-bond acceptors (Lipinski definition) is 8. The second-order valence-corrected chi connectivity index (χ2v) is 8.58. The minimum absolute atomic E-state index is 0.142. The third-order valence-electron chi connectivity index (χ3n) is 6.27. The Kier molecular flexibility index (Phi) is 7.43. The SMILES string of the molecule is CONCCn1c(CN2C(=O)C(=NOCc3ccc(C(=O)OC)cc3)c3ccccc32)nc2ccccc21. The Bertz CT molecular complexity index is 1500. The van der Waals surface area contributed by atoms with Crippen LogP contribution < -0.4 is 10.4 Å². The maximum absolute atomic E-state index is 13.5. The van der Waals surface area contributed by atoms with Crippen LogP contribution >= 0.6 is 0 Å². The summed E-state index contributed by atoms with van der Waals surface area (Å²) >= 11 is 0. The van der Waals surface area contributed by atoms with Crippen LogP contribution in [-0.2, 0) is 38.9 Å². The summed E-state index contributed by atoms with van der Waals surface area (Å²) in [6.07, 6.45) is 0. The Morgan fingerprint density at radius 1 is 1.00 bits per heavy atom. The number of methoxy groups -OCH3 is 1. The average Bonchev–Trinajstić information content (AvgIpc) is 3.43. The fraction of sp³-hybridized carbons (Fsp3) is 0.214. The summed E-state index contributed by atoms with van der Waals surface area (Å²) in [4.78, 5) is 42.2. The molecule has 1 amide bonds. The molecule has 194 valence electrons. The van der Waals surface area contributed by atoms with Gasteiger partial charge in [-0.2, -0.15) is 0 Å². The lowest BCUT2D eigenvalue weighted by molar-refractivity contribution is -0.112. The Hall–Kier alpha value is -4.54. The number of hydroxylamine groups is 1. The molecule has 10 nitrogen and oxygen atoms in total. The van der Waals surface area contributed by atoms with Crippen LogP contribution in [0.2, 0.25) is 0 Å². The molecule has 0 saturated heterocycles. The number of oxime groups is 1. The molecule has 2 heterocycles. The van der Waals surface area contributed by atoms with Gasteiger partial charge >= 0.3 is 5.97 Å². The van der Waals surface area contributed by atoms with Crippen LogP contribution in [0, 0.1) is 0 Å². The largest absolute Gasteiger partial charge is 0.465 e. The number of rotatable bonds is 10. The van der Waals surface area contributed by atoms with E-state index in [1.165, 1.54) is 7.11 Å². The molecule has 0 bridgehead atoms. The molecule has 0 radical (unpaired) electrons. The quantitative estimate of drug-likeness (QED) is 0.197. The molecule has 5 rings (SSSR count). The molecule has 38 heavy (non-hydrogen) atoms. The number of carbonyl (C=O) groups excluding carboxylic acids is 2. The summed E-state index contributed by atoms with van der Waals surface area (Å²) in [7, 11) is 2.91. The lowest BCUT2D eigenvalue weighted by Gasteiger charge is -2.18. The van der Waals surface area contributed by atoms with Crippen molar-refractivity contribution in [3.8, 4) is 0 Å². The zero-order chi connectivity index (χ0) is 26.5. The molecule has 0 spiro atoms. The van der Waals surface area contributed by atoms with Gasteiger partial charge in [0.05, 0.1) is 43.0 Å². The molecule has 1 aliphatic heterocycles. The molecule has 1 aromatic heterocycles. The van der Waals surface area contributed by atoms with Crippen LogP contribution in [0.15, 0.2) is 78.0 Å². The van der Waals surface area contributed by atoms with Gasteiger partial charge in [-0.3, -0.25) is 9.69 Å². The first-order chi connectivity index (χ1) is 18.6. The van der Waals surface area contributed by atoms with E-state index in [-0.39, 0.29) is 24.8 Å². The number of benzene rings is 3. The smallest absolute Gasteiger partial charge is 0.337 e. The molecular formula is C28H27N5O5. The molecule has 1 N–H and O–H groups in total. The molecule has 0 fully saturated rings. The van der Waals surface area contributed by atoms with Gasteiger partial charge in [0.2, 0.25) is 0 Å². The number of hydrogen-bond donors (Lipinski definition) is 1. The highest BCUT2D eigenvalue weighted by Crippen LogP contribution is 2.31. The van der Waals surface area contributed by atoms with Gasteiger partial charge in [-0.1, -0.05) is 47.6 Å². The fourth-order valence-electron chi connectivity index (χ4n) is 4.43. The summed E-state index contributed by atoms with van der Waals surface area (Å²) in [5.74, 6) is 0.0791. The maximum Gasteiger partial charge on any atom is 0.337 e. The summed E-state index contributed by atoms with van der Waals surface area (Å²) in [6.45, 7) is 1.61. The van der Waals surface area contributed by atoms with Crippen LogP contribution in [0.4, 0.5) is 5.69 Å². The molecular weight excluding hydrogens is 486 g/mol. The molecule has 0 unspecified atom stereocenters. The highest BCUT2D eigenvalue weighted by molar-refractivity contribution is 6.54. The van der Waals surface area contributed by atoms with Crippen molar-refractivity contribution in [2.75, 3.05) is 25.7 Å². The van der Waals surface area contributed by atoms with Crippen molar-refractivity contribution in [1.82, 2.24) is 15.0 Å². The molecule has 0 aliphatic carbocycles. The highest BCUT2D eigenvalue weighted by Gasteiger charge is 2.35. The molecule has 4 aromatic rings. The van der Waals surface area contributed by atoms with Crippen molar-refractivity contribution in [2.45, 2.75) is 19.7 Å². The van der Waals surface area contributed by atoms with Crippen LogP contribution in [0.3, 0.4) is 0 Å². The predicted octanol–water partition coefficient (Wildman–Crippen LogP) is 3.44. The number of para-hydroxylation sites is 3. The zero-order valence-electron chi connectivity index (χ0n) is 21.1. The number of nitrogens with zero attached hydrogens (tertiary/aromatic N) is 4. The van der Waals surface area contributed by atoms with Crippen LogP contribution in [-0.4, -0.2) is 47.9 Å². The normalized spacial score (nSPS) is 13.8. The number of nitrogens with one attached hydrogen (secondary N) is 1. The Labute approximate surface area is 219 Å². The molecule has 0 saturated carbocycles. The first kappa shape index (κ1) is 25.1. The van der Waals surface area contributed by atoms with E-state index in [4.69, 9.17) is 19.4 Å². The van der Waals surface area contributed by atoms with Gasteiger partial charge in [0.25, 0.3) is 5.91 Å². The van der Waals surface area contributed by atoms with E-state index in [2.05, 4.69) is 15.2 Å². The van der Waals surface area contributed by atoms with Crippen LogP contribution in [0.25, 0.3) is 11.0 Å². The third kappa shape index (κ3) is 4.99. The number of amides is 1. The Morgan fingerprint density at radius 3 is 2.55 bits per heavy atom. The number of ether oxygens (including phenoxy) is 1. The summed E-state index contributed by atoms with van der Waals surface area (Å²) in [5.41, 5.74) is 7.63. The Balaban J connectivity index is 1.37. The lowest BCUT2D eigenvalue weighted by atomic mass is 10.1. The van der Waals surface area contributed by atoms with E-state index in [9.17, 15) is 9.59 Å². The van der Waals surface area contributed by atoms with Gasteiger partial charge in [0.1, 0.15) is 12.4 Å². The van der Waals surface area contributed by atoms with E-state index < -0.39 is 5.97 Å². The second-order valence-electron chi connectivity index (χ2n) is 8.58. The summed E-state index contributed by atoms with van der Waals surface area (Å²) < 4.78 is 6.81. The van der Waals surface area contributed by atoms with Crippen LogP contribution in [0.5, 0.6) is 0 Å². The first-order valence-corrected chi connectivity index (χ1v) is 12.1. The van der Waals surface area contributed by atoms with Gasteiger partial charge in [-0.05, 0) is 35.9 Å². The average molecular weight is 514 g/mol. The number of esters is 1. The van der Waals surface area contributed by atoms with Crippen molar-refractivity contribution < 1.29 is 24.0 Å². The van der Waals surface area contributed by atoms with Crippen LogP contribution in [0.1, 0.15) is 27.3 Å². The van der Waals surface area contributed by atoms with Crippen molar-refractivity contribution in [2.24, 2.45) is 5.16 Å². The van der Waals surface area contributed by atoms with Crippen molar-refractivity contribution in [3.05, 3.63) is 95.3 Å². The number of carbonyl (C=O) groups is 2. The number of anilines is 1. The lowest BCUT2D eigenvalue weighted by Crippen LogP contribution is -2.31. The van der Waals surface area contributed by atoms with E-state index >= 15 is 0 Å². The van der Waals surface area contributed by atoms with Crippen molar-refractivity contribution in [3.63, 3.8) is 0 Å². The first-order valence-electron chi connectivity index (χ1n) is 12.1. The minimum Gasteiger partial charge on any atom is -0.465 e. The molecule has 3 aromatic carbocycles. The summed E-state index contributed by atoms with van der Waals surface area (Å²) in [5, 5.41) is 4.21. The minimum atomic E-state index is -0.408. The number of aromatic nitrogens is 2. The van der Waals surface area contributed by atoms with Gasteiger partial charge in [0, 0.05) is 18.7 Å². The van der Waals surface area contributed by atoms with E-state index in [1.54, 1.807) is 36.3 Å². The molecule has 0 atom stereocenters. The predicted molar refractivity (Wildman–Crippen MR) is 141 cm³/mol. The third-order valence-corrected chi connectivity index (χ3v) is 6.27. The van der Waals surface area contributed by atoms with Crippen molar-refractivity contribution >= 4 is 34.3 Å². The topological polar surface area (TPSA) is 107 Å². The van der Waals surface area contributed by atoms with Crippen molar-refractivity contribution in [1.29, 1.82) is 0 Å². The monoisotopic (exact) mass is 513 g/mol. The molecule has 10 heteroatoms.